The van der Waals surface area contributed by atoms with E-state index < -0.39 is 29.3 Å². The van der Waals surface area contributed by atoms with Crippen molar-refractivity contribution in [3.05, 3.63) is 29.6 Å². The normalized spacial score (nSPS) is 12.4. The summed E-state index contributed by atoms with van der Waals surface area (Å²) in [7, 11) is 0.957. The highest BCUT2D eigenvalue weighted by Crippen LogP contribution is 2.43. The quantitative estimate of drug-likeness (QED) is 0.602. The molecule has 0 unspecified atom stereocenters. The van der Waals surface area contributed by atoms with Crippen LogP contribution in [0.1, 0.15) is 16.1 Å². The van der Waals surface area contributed by atoms with Crippen LogP contribution in [0.3, 0.4) is 0 Å². The predicted octanol–water partition coefficient (Wildman–Crippen LogP) is 2.52. The van der Waals surface area contributed by atoms with Crippen LogP contribution in [0.4, 0.5) is 22.0 Å². The number of rotatable bonds is 2. The Morgan fingerprint density at radius 3 is 2.35 bits per heavy atom. The van der Waals surface area contributed by atoms with Gasteiger partial charge in [0.05, 0.1) is 7.11 Å². The van der Waals surface area contributed by atoms with Crippen molar-refractivity contribution in [2.45, 2.75) is 12.1 Å². The molecule has 0 spiro atoms. The van der Waals surface area contributed by atoms with Gasteiger partial charge in [-0.3, -0.25) is 0 Å². The lowest BCUT2D eigenvalue weighted by molar-refractivity contribution is -0.289. The Bertz CT molecular complexity index is 430. The molecule has 0 aromatic carbocycles. The topological polar surface area (TPSA) is 39.2 Å². The van der Waals surface area contributed by atoms with Gasteiger partial charge < -0.3 is 4.74 Å². The van der Waals surface area contributed by atoms with Crippen LogP contribution < -0.4 is 0 Å². The smallest absolute Gasteiger partial charge is 0.458 e. The zero-order chi connectivity index (χ0) is 13.3. The van der Waals surface area contributed by atoms with Crippen molar-refractivity contribution in [2.75, 3.05) is 7.11 Å². The number of halogens is 5. The van der Waals surface area contributed by atoms with Crippen molar-refractivity contribution >= 4 is 5.97 Å². The zero-order valence-corrected chi connectivity index (χ0v) is 8.39. The highest BCUT2D eigenvalue weighted by molar-refractivity contribution is 5.87. The SMILES string of the molecule is COC(=O)c1cc(C(F)(F)C(F)(F)F)ccn1. The molecule has 0 aliphatic carbocycles. The molecule has 1 heterocycles. The minimum atomic E-state index is -5.73. The molecule has 0 amide bonds. The summed E-state index contributed by atoms with van der Waals surface area (Å²) in [6.07, 6.45) is -5.05. The Labute approximate surface area is 92.2 Å². The number of hydrogen-bond acceptors (Lipinski definition) is 3. The summed E-state index contributed by atoms with van der Waals surface area (Å²) in [5.41, 5.74) is -1.98. The lowest BCUT2D eigenvalue weighted by Crippen LogP contribution is -2.33. The number of methoxy groups -OCH3 is 1. The maximum atomic E-state index is 12.9. The second-order valence-corrected chi connectivity index (χ2v) is 2.99. The van der Waals surface area contributed by atoms with Gasteiger partial charge in [-0.25, -0.2) is 9.78 Å². The van der Waals surface area contributed by atoms with Gasteiger partial charge in [-0.2, -0.15) is 22.0 Å². The van der Waals surface area contributed by atoms with E-state index in [-0.39, 0.29) is 0 Å². The van der Waals surface area contributed by atoms with Crippen molar-refractivity contribution in [2.24, 2.45) is 0 Å². The Morgan fingerprint density at radius 2 is 1.88 bits per heavy atom. The second-order valence-electron chi connectivity index (χ2n) is 2.99. The van der Waals surface area contributed by atoms with Crippen LogP contribution in [0, 0.1) is 0 Å². The van der Waals surface area contributed by atoms with Crippen molar-refractivity contribution in [1.82, 2.24) is 4.98 Å². The summed E-state index contributed by atoms with van der Waals surface area (Å²) >= 11 is 0. The summed E-state index contributed by atoms with van der Waals surface area (Å²) in [5, 5.41) is 0. The van der Waals surface area contributed by atoms with E-state index in [1.54, 1.807) is 0 Å². The van der Waals surface area contributed by atoms with Gasteiger partial charge in [0.2, 0.25) is 0 Å². The molecule has 94 valence electrons. The van der Waals surface area contributed by atoms with Crippen molar-refractivity contribution in [3.8, 4) is 0 Å². The second kappa shape index (κ2) is 4.27. The van der Waals surface area contributed by atoms with Crippen LogP contribution in [-0.4, -0.2) is 24.2 Å². The average Bonchev–Trinajstić information content (AvgIpc) is 2.26. The lowest BCUT2D eigenvalue weighted by Gasteiger charge is -2.19. The number of carbonyl (C=O) groups is 1. The number of nitrogens with zero attached hydrogens (tertiary/aromatic N) is 1. The minimum Gasteiger partial charge on any atom is -0.464 e. The molecular formula is C9H6F5NO2. The molecule has 3 nitrogen and oxygen atoms in total. The molecule has 1 aromatic rings. The first kappa shape index (κ1) is 13.3. The Kier molecular flexibility index (Phi) is 3.35. The van der Waals surface area contributed by atoms with E-state index in [1.807, 2.05) is 0 Å². The van der Waals surface area contributed by atoms with E-state index in [1.165, 1.54) is 0 Å². The summed E-state index contributed by atoms with van der Waals surface area (Å²) in [6, 6.07) is 0.833. The first-order valence-electron chi connectivity index (χ1n) is 4.19. The van der Waals surface area contributed by atoms with Crippen molar-refractivity contribution < 1.29 is 31.5 Å². The Morgan fingerprint density at radius 1 is 1.29 bits per heavy atom. The van der Waals surface area contributed by atoms with Gasteiger partial charge in [0.1, 0.15) is 5.69 Å². The van der Waals surface area contributed by atoms with Gasteiger partial charge in [0.25, 0.3) is 0 Å². The van der Waals surface area contributed by atoms with Crippen LogP contribution in [0.2, 0.25) is 0 Å². The van der Waals surface area contributed by atoms with Gasteiger partial charge in [0, 0.05) is 11.8 Å². The zero-order valence-electron chi connectivity index (χ0n) is 8.39. The van der Waals surface area contributed by atoms with Crippen LogP contribution >= 0.6 is 0 Å². The third kappa shape index (κ3) is 2.51. The number of hydrogen-bond donors (Lipinski definition) is 0. The lowest BCUT2D eigenvalue weighted by atomic mass is 10.1. The average molecular weight is 255 g/mol. The fourth-order valence-electron chi connectivity index (χ4n) is 1.01. The fraction of sp³-hybridized carbons (Fsp3) is 0.333. The molecule has 0 aliphatic rings. The standard InChI is InChI=1S/C9H6F5NO2/c1-17-7(16)6-4-5(2-3-15-6)8(10,11)9(12,13)14/h2-4H,1H3. The summed E-state index contributed by atoms with van der Waals surface area (Å²) in [4.78, 5) is 14.3. The largest absolute Gasteiger partial charge is 0.464 e. The first-order valence-corrected chi connectivity index (χ1v) is 4.19. The van der Waals surface area contributed by atoms with Crippen LogP contribution in [-0.2, 0) is 10.7 Å². The number of alkyl halides is 5. The molecule has 0 atom stereocenters. The molecule has 8 heteroatoms. The summed E-state index contributed by atoms with van der Waals surface area (Å²) in [6.45, 7) is 0. The minimum absolute atomic E-state index is 0.347. The van der Waals surface area contributed by atoms with Gasteiger partial charge >= 0.3 is 18.1 Å². The van der Waals surface area contributed by atoms with E-state index in [2.05, 4.69) is 9.72 Å². The van der Waals surface area contributed by atoms with Gasteiger partial charge in [-0.1, -0.05) is 0 Å². The molecule has 1 rings (SSSR count). The van der Waals surface area contributed by atoms with Gasteiger partial charge in [-0.15, -0.1) is 0 Å². The van der Waals surface area contributed by atoms with E-state index in [0.29, 0.717) is 18.3 Å². The fourth-order valence-corrected chi connectivity index (χ4v) is 1.01. The number of pyridine rings is 1. The monoisotopic (exact) mass is 255 g/mol. The van der Waals surface area contributed by atoms with Crippen LogP contribution in [0.25, 0.3) is 0 Å². The van der Waals surface area contributed by atoms with E-state index in [4.69, 9.17) is 0 Å². The van der Waals surface area contributed by atoms with Crippen molar-refractivity contribution in [1.29, 1.82) is 0 Å². The molecule has 1 aromatic heterocycles. The van der Waals surface area contributed by atoms with Gasteiger partial charge in [0.15, 0.2) is 0 Å². The summed E-state index contributed by atoms with van der Waals surface area (Å²) < 4.78 is 66.1. The number of esters is 1. The molecule has 17 heavy (non-hydrogen) atoms. The van der Waals surface area contributed by atoms with E-state index >= 15 is 0 Å². The third-order valence-corrected chi connectivity index (χ3v) is 1.87. The molecule has 0 saturated heterocycles. The Balaban J connectivity index is 3.21. The number of ether oxygens (including phenoxy) is 1. The number of carbonyl (C=O) groups excluding carboxylic acids is 1. The molecule has 0 N–H and O–H groups in total. The van der Waals surface area contributed by atoms with Crippen LogP contribution in [0.5, 0.6) is 0 Å². The van der Waals surface area contributed by atoms with E-state index in [9.17, 15) is 26.7 Å². The van der Waals surface area contributed by atoms with Crippen LogP contribution in [0.15, 0.2) is 18.3 Å². The maximum absolute atomic E-state index is 12.9. The molecular weight excluding hydrogens is 249 g/mol. The third-order valence-electron chi connectivity index (χ3n) is 1.87. The predicted molar refractivity (Wildman–Crippen MR) is 45.5 cm³/mol. The van der Waals surface area contributed by atoms with Crippen molar-refractivity contribution in [3.63, 3.8) is 0 Å². The molecule has 0 bridgehead atoms. The molecule has 0 radical (unpaired) electrons. The number of aromatic nitrogens is 1. The first-order chi connectivity index (χ1) is 7.70. The van der Waals surface area contributed by atoms with Gasteiger partial charge in [-0.05, 0) is 12.1 Å². The highest BCUT2D eigenvalue weighted by atomic mass is 19.4. The maximum Gasteiger partial charge on any atom is 0.458 e. The molecule has 0 fully saturated rings. The molecule has 0 saturated carbocycles. The Hall–Kier alpha value is -1.73. The highest BCUT2D eigenvalue weighted by Gasteiger charge is 2.58. The molecule has 0 aliphatic heterocycles. The van der Waals surface area contributed by atoms with E-state index in [0.717, 1.165) is 7.11 Å². The summed E-state index contributed by atoms with van der Waals surface area (Å²) in [5.74, 6) is -6.14.